The third-order valence-corrected chi connectivity index (χ3v) is 0. The molecular formula is H3N2O3Pd-. The molecule has 0 heterocycles. The van der Waals surface area contributed by atoms with E-state index >= 15 is 0 Å². The summed E-state index contributed by atoms with van der Waals surface area (Å²) in [6.45, 7) is 0. The van der Waals surface area contributed by atoms with E-state index in [1.807, 2.05) is 0 Å². The van der Waals surface area contributed by atoms with Gasteiger partial charge in [0.15, 0.2) is 0 Å². The molecule has 0 aliphatic heterocycles. The molecule has 0 aromatic carbocycles. The van der Waals surface area contributed by atoms with Gasteiger partial charge in [0.1, 0.15) is 0 Å². The van der Waals surface area contributed by atoms with Crippen LogP contribution in [0.15, 0.2) is 0 Å². The normalized spacial score (nSPS) is 4.00. The zero-order valence-corrected chi connectivity index (χ0v) is 4.25. The fourth-order valence-corrected chi connectivity index (χ4v) is 0. The van der Waals surface area contributed by atoms with Crippen LogP contribution in [0.2, 0.25) is 0 Å². The average molecular weight is 185 g/mol. The average Bonchev–Trinajstić information content (AvgIpc) is 0.811. The van der Waals surface area contributed by atoms with Crippen LogP contribution in [0.4, 0.5) is 0 Å². The van der Waals surface area contributed by atoms with Crippen LogP contribution in [0.1, 0.15) is 0 Å². The zero-order valence-electron chi connectivity index (χ0n) is 2.70. The van der Waals surface area contributed by atoms with Crippen LogP contribution < -0.4 is 6.15 Å². The smallest absolute Gasteiger partial charge is 0.0689 e. The van der Waals surface area contributed by atoms with Crippen LogP contribution in [0.3, 0.4) is 0 Å². The number of hydrogen-bond donors (Lipinski definition) is 1. The standard InChI is InChI=1S/NO3.H3N.Pd/c2-1(3)4;;/h;1H3;/q-1;;. The van der Waals surface area contributed by atoms with E-state index < -0.39 is 5.09 Å². The molecule has 42 valence electrons. The third-order valence-electron chi connectivity index (χ3n) is 0. The maximum atomic E-state index is 8.25. The molecule has 0 aromatic heterocycles. The summed E-state index contributed by atoms with van der Waals surface area (Å²) in [5.74, 6) is 0. The Bertz CT molecular complexity index is 31.8. The van der Waals surface area contributed by atoms with E-state index in [9.17, 15) is 0 Å². The minimum absolute atomic E-state index is 0. The van der Waals surface area contributed by atoms with Gasteiger partial charge in [0, 0.05) is 20.4 Å². The predicted molar refractivity (Wildman–Crippen MR) is 15.4 cm³/mol. The van der Waals surface area contributed by atoms with Crippen molar-refractivity contribution in [3.05, 3.63) is 15.3 Å². The van der Waals surface area contributed by atoms with Crippen molar-refractivity contribution in [2.45, 2.75) is 0 Å². The Hall–Kier alpha value is -0.178. The molecule has 0 amide bonds. The van der Waals surface area contributed by atoms with Crippen LogP contribution in [0.25, 0.3) is 0 Å². The van der Waals surface area contributed by atoms with Crippen LogP contribution in [0.5, 0.6) is 0 Å². The van der Waals surface area contributed by atoms with Gasteiger partial charge >= 0.3 is 0 Å². The van der Waals surface area contributed by atoms with Gasteiger partial charge in [-0.15, -0.1) is 0 Å². The summed E-state index contributed by atoms with van der Waals surface area (Å²) in [5, 5.41) is 14.8. The first-order chi connectivity index (χ1) is 1.73. The number of hydrogen-bond acceptors (Lipinski definition) is 4. The Balaban J connectivity index is -0.0000000450. The van der Waals surface area contributed by atoms with Gasteiger partial charge in [-0.3, -0.25) is 0 Å². The van der Waals surface area contributed by atoms with Gasteiger partial charge in [0.05, 0.1) is 5.09 Å². The quantitative estimate of drug-likeness (QED) is 0.324. The number of rotatable bonds is 0. The summed E-state index contributed by atoms with van der Waals surface area (Å²) in [6, 6.07) is 0. The second kappa shape index (κ2) is 8.84. The Kier molecular flexibility index (Phi) is 25.1. The predicted octanol–water partition coefficient (Wildman–Crippen LogP) is -0.0796. The van der Waals surface area contributed by atoms with Crippen molar-refractivity contribution in [1.29, 1.82) is 0 Å². The summed E-state index contributed by atoms with van der Waals surface area (Å²) in [7, 11) is 0. The number of nitrogens with zero attached hydrogens (tertiary/aromatic N) is 1. The molecule has 3 N–H and O–H groups in total. The van der Waals surface area contributed by atoms with Crippen molar-refractivity contribution in [3.63, 3.8) is 0 Å². The minimum atomic E-state index is -1.75. The van der Waals surface area contributed by atoms with Crippen molar-refractivity contribution in [3.8, 4) is 0 Å². The van der Waals surface area contributed by atoms with Crippen LogP contribution >= 0.6 is 0 Å². The summed E-state index contributed by atoms with van der Waals surface area (Å²) < 4.78 is 0. The van der Waals surface area contributed by atoms with Crippen LogP contribution in [-0.2, 0) is 20.4 Å². The molecule has 0 aliphatic carbocycles. The molecule has 0 rings (SSSR count). The maximum absolute atomic E-state index is 8.25. The Morgan fingerprint density at radius 1 is 1.33 bits per heavy atom. The Morgan fingerprint density at radius 2 is 1.33 bits per heavy atom. The van der Waals surface area contributed by atoms with Gasteiger partial charge in [-0.1, -0.05) is 0 Å². The van der Waals surface area contributed by atoms with Gasteiger partial charge in [-0.05, 0) is 0 Å². The van der Waals surface area contributed by atoms with E-state index in [0.29, 0.717) is 0 Å². The minimum Gasteiger partial charge on any atom is -0.356 e. The molecule has 0 saturated heterocycles. The Morgan fingerprint density at radius 3 is 1.33 bits per heavy atom. The van der Waals surface area contributed by atoms with Crippen molar-refractivity contribution >= 4 is 0 Å². The first-order valence-corrected chi connectivity index (χ1v) is 0.548. The molecule has 5 nitrogen and oxygen atoms in total. The Labute approximate surface area is 47.7 Å². The molecule has 6 heavy (non-hydrogen) atoms. The van der Waals surface area contributed by atoms with Gasteiger partial charge in [-0.2, -0.15) is 0 Å². The second-order valence-electron chi connectivity index (χ2n) is 0.224. The van der Waals surface area contributed by atoms with E-state index in [0.717, 1.165) is 0 Å². The van der Waals surface area contributed by atoms with E-state index in [2.05, 4.69) is 0 Å². The summed E-state index contributed by atoms with van der Waals surface area (Å²) >= 11 is 0. The summed E-state index contributed by atoms with van der Waals surface area (Å²) in [6.07, 6.45) is 0. The summed E-state index contributed by atoms with van der Waals surface area (Å²) in [4.78, 5) is 8.25. The molecule has 0 radical (unpaired) electrons. The van der Waals surface area contributed by atoms with E-state index in [1.165, 1.54) is 0 Å². The molecule has 0 spiro atoms. The molecule has 0 unspecified atom stereocenters. The first kappa shape index (κ1) is 17.0. The van der Waals surface area contributed by atoms with Crippen molar-refractivity contribution in [2.75, 3.05) is 0 Å². The summed E-state index contributed by atoms with van der Waals surface area (Å²) in [5.41, 5.74) is 0. The SMILES string of the molecule is N.O=[N+]([O-])[O-].[Pd]. The zero-order chi connectivity index (χ0) is 3.58. The van der Waals surface area contributed by atoms with Crippen molar-refractivity contribution in [1.82, 2.24) is 6.15 Å². The van der Waals surface area contributed by atoms with Crippen molar-refractivity contribution < 1.29 is 25.5 Å². The van der Waals surface area contributed by atoms with Gasteiger partial charge in [0.25, 0.3) is 0 Å². The molecule has 0 atom stereocenters. The monoisotopic (exact) mass is 185 g/mol. The second-order valence-corrected chi connectivity index (χ2v) is 0.224. The molecular weight excluding hydrogens is 182 g/mol. The molecule has 6 heteroatoms. The third kappa shape index (κ3) is 965. The van der Waals surface area contributed by atoms with Crippen LogP contribution in [-0.4, -0.2) is 5.09 Å². The fraction of sp³-hybridized carbons (Fsp3) is 0. The topological polar surface area (TPSA) is 101 Å². The first-order valence-electron chi connectivity index (χ1n) is 0.548. The molecule has 0 fully saturated rings. The van der Waals surface area contributed by atoms with Gasteiger partial charge in [0.2, 0.25) is 0 Å². The van der Waals surface area contributed by atoms with E-state index in [4.69, 9.17) is 15.3 Å². The van der Waals surface area contributed by atoms with Crippen molar-refractivity contribution in [2.24, 2.45) is 0 Å². The van der Waals surface area contributed by atoms with Gasteiger partial charge in [-0.25, -0.2) is 0 Å². The largest absolute Gasteiger partial charge is 0.356 e. The fourth-order valence-electron chi connectivity index (χ4n) is 0. The molecule has 0 aliphatic rings. The van der Waals surface area contributed by atoms with Crippen LogP contribution in [0, 0.1) is 15.3 Å². The van der Waals surface area contributed by atoms with Gasteiger partial charge < -0.3 is 21.5 Å². The van der Waals surface area contributed by atoms with E-state index in [-0.39, 0.29) is 26.6 Å². The molecule has 0 saturated carbocycles. The maximum Gasteiger partial charge on any atom is 0.0689 e. The molecule has 0 aromatic rings. The van der Waals surface area contributed by atoms with E-state index in [1.54, 1.807) is 0 Å². The molecule has 0 bridgehead atoms.